The molecular formula is C18H21N3O5S3. The van der Waals surface area contributed by atoms with Gasteiger partial charge in [-0.15, -0.1) is 4.40 Å². The Morgan fingerprint density at radius 2 is 1.72 bits per heavy atom. The van der Waals surface area contributed by atoms with Crippen molar-refractivity contribution < 1.29 is 21.6 Å². The van der Waals surface area contributed by atoms with Crippen LogP contribution in [0.25, 0.3) is 10.2 Å². The summed E-state index contributed by atoms with van der Waals surface area (Å²) < 4.78 is 60.5. The van der Waals surface area contributed by atoms with Gasteiger partial charge >= 0.3 is 0 Å². The number of ether oxygens (including phenoxy) is 1. The number of thiazole rings is 1. The van der Waals surface area contributed by atoms with Gasteiger partial charge in [0.2, 0.25) is 14.8 Å². The molecule has 0 saturated carbocycles. The van der Waals surface area contributed by atoms with Crippen molar-refractivity contribution >= 4 is 41.6 Å². The first-order chi connectivity index (χ1) is 13.6. The van der Waals surface area contributed by atoms with E-state index < -0.39 is 20.0 Å². The highest BCUT2D eigenvalue weighted by Crippen LogP contribution is 2.22. The number of rotatable bonds is 7. The zero-order valence-electron chi connectivity index (χ0n) is 15.9. The Hall–Kier alpha value is -2.05. The SMILES string of the molecule is CCOCCn1/c(=N/S(=O)(=O)c2ccc(C)cc2)sc2cc(S(N)(=O)=O)ccc21. The van der Waals surface area contributed by atoms with Gasteiger partial charge in [0.05, 0.1) is 26.6 Å². The van der Waals surface area contributed by atoms with Gasteiger partial charge < -0.3 is 9.30 Å². The molecule has 0 aliphatic carbocycles. The molecule has 2 N–H and O–H groups in total. The van der Waals surface area contributed by atoms with E-state index in [4.69, 9.17) is 9.88 Å². The Balaban J connectivity index is 2.19. The van der Waals surface area contributed by atoms with Crippen LogP contribution >= 0.6 is 11.3 Å². The third kappa shape index (κ3) is 4.93. The average molecular weight is 456 g/mol. The van der Waals surface area contributed by atoms with E-state index in [1.54, 1.807) is 22.8 Å². The molecule has 0 atom stereocenters. The summed E-state index contributed by atoms with van der Waals surface area (Å²) in [5.41, 5.74) is 1.59. The highest BCUT2D eigenvalue weighted by Gasteiger charge is 2.16. The van der Waals surface area contributed by atoms with E-state index >= 15 is 0 Å². The summed E-state index contributed by atoms with van der Waals surface area (Å²) in [6.07, 6.45) is 0. The number of benzene rings is 2. The van der Waals surface area contributed by atoms with Crippen LogP contribution in [-0.4, -0.2) is 34.6 Å². The largest absolute Gasteiger partial charge is 0.380 e. The number of fused-ring (bicyclic) bond motifs is 1. The third-order valence-electron chi connectivity index (χ3n) is 4.16. The highest BCUT2D eigenvalue weighted by atomic mass is 32.2. The number of sulfonamides is 2. The lowest BCUT2D eigenvalue weighted by molar-refractivity contribution is 0.139. The maximum absolute atomic E-state index is 12.8. The Bertz CT molecular complexity index is 1310. The molecular weight excluding hydrogens is 434 g/mol. The quantitative estimate of drug-likeness (QED) is 0.546. The second kappa shape index (κ2) is 8.36. The van der Waals surface area contributed by atoms with Gasteiger partial charge in [0.15, 0.2) is 0 Å². The smallest absolute Gasteiger partial charge is 0.285 e. The molecule has 0 aliphatic rings. The van der Waals surface area contributed by atoms with Crippen LogP contribution in [0, 0.1) is 6.92 Å². The van der Waals surface area contributed by atoms with Crippen molar-refractivity contribution in [2.24, 2.45) is 9.54 Å². The molecule has 2 aromatic carbocycles. The van der Waals surface area contributed by atoms with Crippen LogP contribution < -0.4 is 9.94 Å². The fraction of sp³-hybridized carbons (Fsp3) is 0.278. The lowest BCUT2D eigenvalue weighted by atomic mass is 10.2. The number of nitrogens with two attached hydrogens (primary N) is 1. The maximum Gasteiger partial charge on any atom is 0.285 e. The molecule has 0 amide bonds. The lowest BCUT2D eigenvalue weighted by Crippen LogP contribution is -2.20. The van der Waals surface area contributed by atoms with E-state index in [1.807, 2.05) is 13.8 Å². The van der Waals surface area contributed by atoms with Crippen molar-refractivity contribution in [1.29, 1.82) is 0 Å². The van der Waals surface area contributed by atoms with E-state index in [2.05, 4.69) is 4.40 Å². The number of hydrogen-bond acceptors (Lipinski definition) is 6. The van der Waals surface area contributed by atoms with Crippen molar-refractivity contribution in [1.82, 2.24) is 4.57 Å². The highest BCUT2D eigenvalue weighted by molar-refractivity contribution is 7.90. The molecule has 0 radical (unpaired) electrons. The monoisotopic (exact) mass is 455 g/mol. The number of aromatic nitrogens is 1. The van der Waals surface area contributed by atoms with Gasteiger partial charge in [0.25, 0.3) is 10.0 Å². The minimum atomic E-state index is -3.94. The van der Waals surface area contributed by atoms with Gasteiger partial charge in [-0.3, -0.25) is 0 Å². The van der Waals surface area contributed by atoms with E-state index in [0.717, 1.165) is 16.9 Å². The van der Waals surface area contributed by atoms with Gasteiger partial charge in [-0.2, -0.15) is 8.42 Å². The standard InChI is InChI=1S/C18H21N3O5S3/c1-3-26-11-10-21-16-9-8-15(28(19,22)23)12-17(16)27-18(21)20-29(24,25)14-6-4-13(2)5-7-14/h4-9,12H,3,10-11H2,1-2H3,(H2,19,22,23)/b20-18-. The summed E-state index contributed by atoms with van der Waals surface area (Å²) >= 11 is 1.08. The molecule has 0 unspecified atom stereocenters. The molecule has 11 heteroatoms. The van der Waals surface area contributed by atoms with Crippen LogP contribution in [0.3, 0.4) is 0 Å². The van der Waals surface area contributed by atoms with Crippen molar-refractivity contribution in [3.05, 3.63) is 52.8 Å². The van der Waals surface area contributed by atoms with E-state index in [9.17, 15) is 16.8 Å². The Labute approximate surface area is 173 Å². The Morgan fingerprint density at radius 3 is 2.34 bits per heavy atom. The molecule has 0 fully saturated rings. The van der Waals surface area contributed by atoms with Crippen molar-refractivity contribution in [3.63, 3.8) is 0 Å². The van der Waals surface area contributed by atoms with Gasteiger partial charge in [0, 0.05) is 13.2 Å². The molecule has 156 valence electrons. The summed E-state index contributed by atoms with van der Waals surface area (Å²) in [5.74, 6) is 0. The Morgan fingerprint density at radius 1 is 1.07 bits per heavy atom. The number of aryl methyl sites for hydroxylation is 1. The van der Waals surface area contributed by atoms with Crippen LogP contribution in [0.2, 0.25) is 0 Å². The minimum absolute atomic E-state index is 0.0452. The number of nitrogens with zero attached hydrogens (tertiary/aromatic N) is 2. The summed E-state index contributed by atoms with van der Waals surface area (Å²) in [7, 11) is -7.82. The zero-order chi connectivity index (χ0) is 21.2. The summed E-state index contributed by atoms with van der Waals surface area (Å²) in [6, 6.07) is 10.8. The number of hydrogen-bond donors (Lipinski definition) is 1. The molecule has 29 heavy (non-hydrogen) atoms. The average Bonchev–Trinajstić information content (AvgIpc) is 2.97. The van der Waals surface area contributed by atoms with Crippen LogP contribution in [0.1, 0.15) is 12.5 Å². The minimum Gasteiger partial charge on any atom is -0.380 e. The van der Waals surface area contributed by atoms with Gasteiger partial charge in [-0.1, -0.05) is 29.0 Å². The zero-order valence-corrected chi connectivity index (χ0v) is 18.4. The predicted molar refractivity (Wildman–Crippen MR) is 112 cm³/mol. The summed E-state index contributed by atoms with van der Waals surface area (Å²) in [5, 5.41) is 5.21. The fourth-order valence-corrected chi connectivity index (χ4v) is 5.60. The molecule has 0 spiro atoms. The molecule has 0 bridgehead atoms. The van der Waals surface area contributed by atoms with Gasteiger partial charge in [-0.25, -0.2) is 13.6 Å². The first-order valence-corrected chi connectivity index (χ1v) is 12.5. The maximum atomic E-state index is 12.8. The normalized spacial score (nSPS) is 13.3. The molecule has 1 heterocycles. The van der Waals surface area contributed by atoms with Crippen LogP contribution in [0.5, 0.6) is 0 Å². The second-order valence-corrected chi connectivity index (χ2v) is 10.5. The molecule has 3 rings (SSSR count). The molecule has 0 saturated heterocycles. The van der Waals surface area contributed by atoms with E-state index in [1.165, 1.54) is 24.3 Å². The first kappa shape index (κ1) is 21.7. The van der Waals surface area contributed by atoms with Crippen molar-refractivity contribution in [2.75, 3.05) is 13.2 Å². The fourth-order valence-electron chi connectivity index (χ4n) is 2.68. The first-order valence-electron chi connectivity index (χ1n) is 8.73. The molecule has 0 aliphatic heterocycles. The van der Waals surface area contributed by atoms with Gasteiger partial charge in [-0.05, 0) is 44.2 Å². The Kier molecular flexibility index (Phi) is 6.24. The van der Waals surface area contributed by atoms with Crippen LogP contribution in [-0.2, 0) is 31.3 Å². The second-order valence-electron chi connectivity index (χ2n) is 6.29. The molecule has 1 aromatic heterocycles. The molecule has 8 nitrogen and oxygen atoms in total. The van der Waals surface area contributed by atoms with Crippen molar-refractivity contribution in [2.45, 2.75) is 30.2 Å². The predicted octanol–water partition coefficient (Wildman–Crippen LogP) is 1.98. The van der Waals surface area contributed by atoms with Crippen LogP contribution in [0.15, 0.2) is 56.7 Å². The third-order valence-corrected chi connectivity index (χ3v) is 7.51. The van der Waals surface area contributed by atoms with E-state index in [-0.39, 0.29) is 14.6 Å². The summed E-state index contributed by atoms with van der Waals surface area (Å²) in [6.45, 7) is 4.97. The van der Waals surface area contributed by atoms with E-state index in [0.29, 0.717) is 30.0 Å². The van der Waals surface area contributed by atoms with Crippen LogP contribution in [0.4, 0.5) is 0 Å². The molecule has 3 aromatic rings. The topological polar surface area (TPSA) is 121 Å². The van der Waals surface area contributed by atoms with Crippen molar-refractivity contribution in [3.8, 4) is 0 Å². The summed E-state index contributed by atoms with van der Waals surface area (Å²) in [4.78, 5) is 0.269. The van der Waals surface area contributed by atoms with Gasteiger partial charge in [0.1, 0.15) is 0 Å². The number of primary sulfonamides is 1. The lowest BCUT2D eigenvalue weighted by Gasteiger charge is -2.06.